The van der Waals surface area contributed by atoms with Crippen LogP contribution in [0.25, 0.3) is 0 Å². The zero-order valence-corrected chi connectivity index (χ0v) is 18.3. The van der Waals surface area contributed by atoms with Crippen LogP contribution in [0.1, 0.15) is 68.7 Å². The molecule has 0 aliphatic heterocycles. The molecule has 29 heavy (non-hydrogen) atoms. The van der Waals surface area contributed by atoms with Crippen molar-refractivity contribution < 1.29 is 19.1 Å². The second kappa shape index (κ2) is 9.25. The Hall–Kier alpha value is -2.62. The first-order valence-corrected chi connectivity index (χ1v) is 10.0. The minimum atomic E-state index is -0.326. The number of carbonyl (C=O) groups excluding carboxylic acids is 2. The van der Waals surface area contributed by atoms with Crippen LogP contribution in [0.2, 0.25) is 0 Å². The van der Waals surface area contributed by atoms with Crippen molar-refractivity contribution in [1.82, 2.24) is 0 Å². The fourth-order valence-electron chi connectivity index (χ4n) is 3.39. The average Bonchev–Trinajstić information content (AvgIpc) is 2.68. The minimum Gasteiger partial charge on any atom is -0.459 e. The maximum absolute atomic E-state index is 12.4. The second-order valence-electron chi connectivity index (χ2n) is 8.98. The van der Waals surface area contributed by atoms with E-state index in [9.17, 15) is 9.59 Å². The number of rotatable bonds is 8. The van der Waals surface area contributed by atoms with Crippen LogP contribution in [0.15, 0.2) is 60.7 Å². The zero-order chi connectivity index (χ0) is 21.7. The van der Waals surface area contributed by atoms with Crippen molar-refractivity contribution in [2.75, 3.05) is 0 Å². The summed E-state index contributed by atoms with van der Waals surface area (Å²) < 4.78 is 11.5. The molecule has 0 bridgehead atoms. The molecule has 0 saturated heterocycles. The van der Waals surface area contributed by atoms with Crippen molar-refractivity contribution in [3.8, 4) is 0 Å². The first kappa shape index (κ1) is 22.7. The van der Waals surface area contributed by atoms with Crippen molar-refractivity contribution in [3.05, 3.63) is 71.8 Å². The Kier molecular flexibility index (Phi) is 7.23. The summed E-state index contributed by atoms with van der Waals surface area (Å²) in [6, 6.07) is 18.0. The van der Waals surface area contributed by atoms with Gasteiger partial charge in [0.05, 0.1) is 11.1 Å². The standard InChI is InChI=1S/C25H32O4/c1-18(28-22(26)20-13-9-7-10-14-20)24(3,4)17-25(5,6)19(2)29-23(27)21-15-11-8-12-16-21/h7-16,18-19H,17H2,1-6H3. The molecule has 0 spiro atoms. The van der Waals surface area contributed by atoms with E-state index in [4.69, 9.17) is 9.47 Å². The van der Waals surface area contributed by atoms with Crippen LogP contribution in [-0.4, -0.2) is 24.1 Å². The summed E-state index contributed by atoms with van der Waals surface area (Å²) in [6.45, 7) is 12.1. The van der Waals surface area contributed by atoms with Gasteiger partial charge in [-0.3, -0.25) is 0 Å². The maximum Gasteiger partial charge on any atom is 0.338 e. The van der Waals surface area contributed by atoms with Crippen LogP contribution in [0.4, 0.5) is 0 Å². The lowest BCUT2D eigenvalue weighted by atomic mass is 9.70. The number of carbonyl (C=O) groups is 2. The van der Waals surface area contributed by atoms with Gasteiger partial charge in [-0.1, -0.05) is 64.1 Å². The molecule has 4 nitrogen and oxygen atoms in total. The lowest BCUT2D eigenvalue weighted by Gasteiger charge is -2.41. The van der Waals surface area contributed by atoms with Crippen molar-refractivity contribution in [1.29, 1.82) is 0 Å². The molecule has 0 aliphatic carbocycles. The highest BCUT2D eigenvalue weighted by molar-refractivity contribution is 5.89. The van der Waals surface area contributed by atoms with Crippen LogP contribution in [0.3, 0.4) is 0 Å². The summed E-state index contributed by atoms with van der Waals surface area (Å²) in [7, 11) is 0. The quantitative estimate of drug-likeness (QED) is 0.520. The van der Waals surface area contributed by atoms with Crippen molar-refractivity contribution in [2.45, 2.75) is 60.2 Å². The highest BCUT2D eigenvalue weighted by atomic mass is 16.5. The summed E-state index contributed by atoms with van der Waals surface area (Å²) >= 11 is 0. The van der Waals surface area contributed by atoms with E-state index in [1.165, 1.54) is 0 Å². The van der Waals surface area contributed by atoms with Gasteiger partial charge in [0.1, 0.15) is 12.2 Å². The lowest BCUT2D eigenvalue weighted by Crippen LogP contribution is -2.40. The Morgan fingerprint density at radius 1 is 0.690 bits per heavy atom. The maximum atomic E-state index is 12.4. The topological polar surface area (TPSA) is 52.6 Å². The predicted octanol–water partition coefficient (Wildman–Crippen LogP) is 5.92. The number of ether oxygens (including phenoxy) is 2. The Bertz CT molecular complexity index is 740. The van der Waals surface area contributed by atoms with Gasteiger partial charge in [0.25, 0.3) is 0 Å². The first-order chi connectivity index (χ1) is 13.5. The highest BCUT2D eigenvalue weighted by Gasteiger charge is 2.39. The molecule has 2 aromatic carbocycles. The number of hydrogen-bond acceptors (Lipinski definition) is 4. The third kappa shape index (κ3) is 6.18. The Labute approximate surface area is 174 Å². The molecule has 0 saturated carbocycles. The SMILES string of the molecule is CC(OC(=O)c1ccccc1)C(C)(C)CC(C)(C)C(C)OC(=O)c1ccccc1. The molecule has 2 aromatic rings. The largest absolute Gasteiger partial charge is 0.459 e. The predicted molar refractivity (Wildman–Crippen MR) is 115 cm³/mol. The normalized spacial score (nSPS) is 14.0. The van der Waals surface area contributed by atoms with E-state index in [0.717, 1.165) is 0 Å². The summed E-state index contributed by atoms with van der Waals surface area (Å²) in [5.74, 6) is -0.653. The van der Waals surface area contributed by atoms with E-state index >= 15 is 0 Å². The Balaban J connectivity index is 2.00. The van der Waals surface area contributed by atoms with Gasteiger partial charge in [-0.2, -0.15) is 0 Å². The van der Waals surface area contributed by atoms with Crippen LogP contribution in [0.5, 0.6) is 0 Å². The number of hydrogen-bond donors (Lipinski definition) is 0. The molecule has 0 fully saturated rings. The highest BCUT2D eigenvalue weighted by Crippen LogP contribution is 2.40. The van der Waals surface area contributed by atoms with Gasteiger partial charge in [0, 0.05) is 10.8 Å². The smallest absolute Gasteiger partial charge is 0.338 e. The van der Waals surface area contributed by atoms with Crippen LogP contribution in [-0.2, 0) is 9.47 Å². The molecule has 0 heterocycles. The molecule has 2 rings (SSSR count). The van der Waals surface area contributed by atoms with Crippen molar-refractivity contribution >= 4 is 11.9 Å². The third-order valence-corrected chi connectivity index (χ3v) is 5.70. The van der Waals surface area contributed by atoms with Crippen LogP contribution < -0.4 is 0 Å². The Morgan fingerprint density at radius 2 is 1.00 bits per heavy atom. The van der Waals surface area contributed by atoms with Gasteiger partial charge in [0.2, 0.25) is 0 Å². The molecular formula is C25H32O4. The zero-order valence-electron chi connectivity index (χ0n) is 18.3. The van der Waals surface area contributed by atoms with E-state index in [1.54, 1.807) is 24.3 Å². The van der Waals surface area contributed by atoms with Crippen molar-refractivity contribution in [2.24, 2.45) is 10.8 Å². The fraction of sp³-hybridized carbons (Fsp3) is 0.440. The third-order valence-electron chi connectivity index (χ3n) is 5.70. The van der Waals surface area contributed by atoms with Gasteiger partial charge in [-0.25, -0.2) is 9.59 Å². The molecule has 0 aliphatic rings. The Morgan fingerprint density at radius 3 is 1.31 bits per heavy atom. The molecule has 0 amide bonds. The summed E-state index contributed by atoms with van der Waals surface area (Å²) in [5, 5.41) is 0. The van der Waals surface area contributed by atoms with Crippen LogP contribution >= 0.6 is 0 Å². The lowest BCUT2D eigenvalue weighted by molar-refractivity contribution is -0.0436. The molecule has 4 heteroatoms. The summed E-state index contributed by atoms with van der Waals surface area (Å²) in [5.41, 5.74) is 0.474. The van der Waals surface area contributed by atoms with E-state index in [1.807, 2.05) is 50.2 Å². The fourth-order valence-corrected chi connectivity index (χ4v) is 3.39. The van der Waals surface area contributed by atoms with Gasteiger partial charge in [-0.15, -0.1) is 0 Å². The molecule has 156 valence electrons. The molecule has 2 unspecified atom stereocenters. The van der Waals surface area contributed by atoms with E-state index in [-0.39, 0.29) is 35.0 Å². The summed E-state index contributed by atoms with van der Waals surface area (Å²) in [4.78, 5) is 24.8. The number of benzene rings is 2. The van der Waals surface area contributed by atoms with E-state index in [2.05, 4.69) is 27.7 Å². The van der Waals surface area contributed by atoms with E-state index in [0.29, 0.717) is 17.5 Å². The summed E-state index contributed by atoms with van der Waals surface area (Å²) in [6.07, 6.45) is 0.116. The van der Waals surface area contributed by atoms with Gasteiger partial charge < -0.3 is 9.47 Å². The van der Waals surface area contributed by atoms with Crippen molar-refractivity contribution in [3.63, 3.8) is 0 Å². The molecule has 0 N–H and O–H groups in total. The molecular weight excluding hydrogens is 364 g/mol. The first-order valence-electron chi connectivity index (χ1n) is 10.0. The average molecular weight is 397 g/mol. The van der Waals surface area contributed by atoms with E-state index < -0.39 is 0 Å². The van der Waals surface area contributed by atoms with Gasteiger partial charge in [-0.05, 0) is 44.5 Å². The van der Waals surface area contributed by atoms with Crippen LogP contribution in [0, 0.1) is 10.8 Å². The monoisotopic (exact) mass is 396 g/mol. The minimum absolute atomic E-state index is 0.300. The van der Waals surface area contributed by atoms with Gasteiger partial charge in [0.15, 0.2) is 0 Å². The molecule has 0 aromatic heterocycles. The molecule has 2 atom stereocenters. The van der Waals surface area contributed by atoms with Gasteiger partial charge >= 0.3 is 11.9 Å². The molecule has 0 radical (unpaired) electrons. The second-order valence-corrected chi connectivity index (χ2v) is 8.98. The number of esters is 2.